The highest BCUT2D eigenvalue weighted by atomic mass is 15.1. The molecule has 0 saturated heterocycles. The Bertz CT molecular complexity index is 2260. The predicted molar refractivity (Wildman–Crippen MR) is 205 cm³/mol. The van der Waals surface area contributed by atoms with E-state index in [-0.39, 0.29) is 0 Å². The number of nitrogens with zero attached hydrogens (tertiary/aromatic N) is 1. The van der Waals surface area contributed by atoms with Crippen LogP contribution < -0.4 is 4.90 Å². The molecule has 0 amide bonds. The topological polar surface area (TPSA) is 3.24 Å². The van der Waals surface area contributed by atoms with Crippen LogP contribution in [0, 0.1) is 0 Å². The van der Waals surface area contributed by atoms with E-state index in [0.29, 0.717) is 5.92 Å². The first kappa shape index (κ1) is 29.5. The molecule has 230 valence electrons. The smallest absolute Gasteiger partial charge is 0.0540 e. The average molecular weight is 616 g/mol. The minimum Gasteiger partial charge on any atom is -0.310 e. The third-order valence-corrected chi connectivity index (χ3v) is 9.58. The maximum absolute atomic E-state index is 2.36. The quantitative estimate of drug-likeness (QED) is 0.156. The first-order valence-electron chi connectivity index (χ1n) is 16.9. The van der Waals surface area contributed by atoms with Crippen molar-refractivity contribution in [2.45, 2.75) is 18.8 Å². The van der Waals surface area contributed by atoms with Crippen LogP contribution in [0.2, 0.25) is 0 Å². The number of rotatable bonds is 9. The Balaban J connectivity index is 1.09. The molecule has 8 aromatic carbocycles. The Kier molecular flexibility index (Phi) is 8.25. The first-order chi connectivity index (χ1) is 23.8. The number of hydrogen-bond acceptors (Lipinski definition) is 1. The van der Waals surface area contributed by atoms with Gasteiger partial charge in [-0.15, -0.1) is 0 Å². The fourth-order valence-corrected chi connectivity index (χ4v) is 7.14. The highest BCUT2D eigenvalue weighted by Gasteiger charge is 2.17. The summed E-state index contributed by atoms with van der Waals surface area (Å²) < 4.78 is 0. The molecule has 0 aliphatic heterocycles. The van der Waals surface area contributed by atoms with E-state index in [4.69, 9.17) is 0 Å². The van der Waals surface area contributed by atoms with Crippen molar-refractivity contribution >= 4 is 38.6 Å². The van der Waals surface area contributed by atoms with Gasteiger partial charge in [0, 0.05) is 22.7 Å². The molecule has 0 saturated carbocycles. The number of aryl methyl sites for hydroxylation is 1. The van der Waals surface area contributed by atoms with Crippen molar-refractivity contribution < 1.29 is 0 Å². The lowest BCUT2D eigenvalue weighted by molar-refractivity contribution is 0.718. The summed E-state index contributed by atoms with van der Waals surface area (Å²) in [5.74, 6) is 0.321. The zero-order chi connectivity index (χ0) is 32.1. The predicted octanol–water partition coefficient (Wildman–Crippen LogP) is 12.9. The van der Waals surface area contributed by atoms with Crippen LogP contribution in [0.1, 0.15) is 29.0 Å². The van der Waals surface area contributed by atoms with Crippen molar-refractivity contribution in [1.82, 2.24) is 0 Å². The van der Waals surface area contributed by atoms with Gasteiger partial charge in [-0.25, -0.2) is 0 Å². The zero-order valence-corrected chi connectivity index (χ0v) is 26.9. The zero-order valence-electron chi connectivity index (χ0n) is 26.9. The Labute approximate surface area is 283 Å². The summed E-state index contributed by atoms with van der Waals surface area (Å²) in [6, 6.07) is 70.4. The molecule has 1 nitrogen and oxygen atoms in total. The number of hydrogen-bond donors (Lipinski definition) is 0. The number of fused-ring (bicyclic) bond motifs is 2. The third-order valence-electron chi connectivity index (χ3n) is 9.58. The number of anilines is 3. The van der Waals surface area contributed by atoms with Crippen LogP contribution >= 0.6 is 0 Å². The van der Waals surface area contributed by atoms with E-state index in [1.807, 2.05) is 0 Å². The molecule has 0 radical (unpaired) electrons. The van der Waals surface area contributed by atoms with Crippen LogP contribution in [0.5, 0.6) is 0 Å². The highest BCUT2D eigenvalue weighted by molar-refractivity contribution is 5.99. The molecular formula is C47H37N. The molecule has 0 spiro atoms. The van der Waals surface area contributed by atoms with Crippen molar-refractivity contribution in [2.24, 2.45) is 0 Å². The molecule has 1 atom stereocenters. The largest absolute Gasteiger partial charge is 0.310 e. The molecule has 8 rings (SSSR count). The minimum atomic E-state index is 0.321. The van der Waals surface area contributed by atoms with Crippen molar-refractivity contribution in [3.8, 4) is 11.1 Å². The second-order valence-corrected chi connectivity index (χ2v) is 12.5. The molecule has 1 unspecified atom stereocenters. The standard InChI is InChI=1S/C47H37N/c1-3-13-37(14-4-1)45(34-31-40-18-11-17-38-15-7-9-22-44(38)40)41-27-25-35(26-28-41)36-29-32-43(33-30-36)48(42-20-5-2-6-21-42)47-24-12-19-39-16-8-10-23-46(39)47/h1-30,32-33,45H,31,34H2. The van der Waals surface area contributed by atoms with Gasteiger partial charge >= 0.3 is 0 Å². The van der Waals surface area contributed by atoms with Crippen LogP contribution in [0.25, 0.3) is 32.7 Å². The summed E-state index contributed by atoms with van der Waals surface area (Å²) in [5, 5.41) is 5.14. The molecule has 0 aromatic heterocycles. The summed E-state index contributed by atoms with van der Waals surface area (Å²) in [6.07, 6.45) is 2.08. The van der Waals surface area contributed by atoms with Gasteiger partial charge in [0.05, 0.1) is 5.69 Å². The van der Waals surface area contributed by atoms with E-state index in [9.17, 15) is 0 Å². The van der Waals surface area contributed by atoms with Gasteiger partial charge in [0.2, 0.25) is 0 Å². The fraction of sp³-hybridized carbons (Fsp3) is 0.0638. The minimum absolute atomic E-state index is 0.321. The third kappa shape index (κ3) is 5.99. The van der Waals surface area contributed by atoms with E-state index >= 15 is 0 Å². The van der Waals surface area contributed by atoms with Gasteiger partial charge < -0.3 is 4.90 Å². The van der Waals surface area contributed by atoms with Gasteiger partial charge in [-0.05, 0) is 87.1 Å². The molecule has 1 heteroatoms. The van der Waals surface area contributed by atoms with Crippen molar-refractivity contribution in [3.05, 3.63) is 211 Å². The summed E-state index contributed by atoms with van der Waals surface area (Å²) in [6.45, 7) is 0. The molecule has 0 aliphatic carbocycles. The molecule has 0 aliphatic rings. The van der Waals surface area contributed by atoms with Crippen LogP contribution in [0.4, 0.5) is 17.1 Å². The maximum Gasteiger partial charge on any atom is 0.0540 e. The summed E-state index contributed by atoms with van der Waals surface area (Å²) in [4.78, 5) is 2.36. The molecule has 48 heavy (non-hydrogen) atoms. The molecule has 8 aromatic rings. The van der Waals surface area contributed by atoms with E-state index in [1.54, 1.807) is 0 Å². The summed E-state index contributed by atoms with van der Waals surface area (Å²) >= 11 is 0. The number of para-hydroxylation sites is 1. The van der Waals surface area contributed by atoms with Crippen molar-refractivity contribution in [2.75, 3.05) is 4.90 Å². The molecule has 0 N–H and O–H groups in total. The van der Waals surface area contributed by atoms with Crippen LogP contribution in [0.3, 0.4) is 0 Å². The summed E-state index contributed by atoms with van der Waals surface area (Å²) in [7, 11) is 0. The Morgan fingerprint density at radius 3 is 1.58 bits per heavy atom. The van der Waals surface area contributed by atoms with Crippen LogP contribution in [0.15, 0.2) is 194 Å². The molecule has 0 fully saturated rings. The Morgan fingerprint density at radius 1 is 0.375 bits per heavy atom. The van der Waals surface area contributed by atoms with Gasteiger partial charge in [-0.2, -0.15) is 0 Å². The van der Waals surface area contributed by atoms with E-state index < -0.39 is 0 Å². The van der Waals surface area contributed by atoms with E-state index in [0.717, 1.165) is 24.2 Å². The van der Waals surface area contributed by atoms with Crippen LogP contribution in [-0.4, -0.2) is 0 Å². The lowest BCUT2D eigenvalue weighted by Gasteiger charge is -2.27. The van der Waals surface area contributed by atoms with Crippen molar-refractivity contribution in [1.29, 1.82) is 0 Å². The van der Waals surface area contributed by atoms with E-state index in [2.05, 4.69) is 199 Å². The maximum atomic E-state index is 2.36. The van der Waals surface area contributed by atoms with Gasteiger partial charge in [-0.3, -0.25) is 0 Å². The highest BCUT2D eigenvalue weighted by Crippen LogP contribution is 2.39. The average Bonchev–Trinajstić information content (AvgIpc) is 3.17. The second kappa shape index (κ2) is 13.4. The molecular weight excluding hydrogens is 579 g/mol. The van der Waals surface area contributed by atoms with Gasteiger partial charge in [0.15, 0.2) is 0 Å². The van der Waals surface area contributed by atoms with Gasteiger partial charge in [-0.1, -0.05) is 164 Å². The second-order valence-electron chi connectivity index (χ2n) is 12.5. The van der Waals surface area contributed by atoms with Crippen LogP contribution in [-0.2, 0) is 6.42 Å². The van der Waals surface area contributed by atoms with E-state index in [1.165, 1.54) is 55.0 Å². The molecule has 0 heterocycles. The van der Waals surface area contributed by atoms with Gasteiger partial charge in [0.25, 0.3) is 0 Å². The molecule has 0 bridgehead atoms. The normalized spacial score (nSPS) is 11.8. The Morgan fingerprint density at radius 2 is 0.875 bits per heavy atom. The summed E-state index contributed by atoms with van der Waals surface area (Å²) in [5.41, 5.74) is 10.0. The first-order valence-corrected chi connectivity index (χ1v) is 16.9. The SMILES string of the molecule is c1ccc(C(CCc2cccc3ccccc23)c2ccc(-c3ccc(N(c4ccccc4)c4cccc5ccccc45)cc3)cc2)cc1. The Hall–Kier alpha value is -5.92. The van der Waals surface area contributed by atoms with Gasteiger partial charge in [0.1, 0.15) is 0 Å². The lowest BCUT2D eigenvalue weighted by atomic mass is 9.85. The van der Waals surface area contributed by atoms with Crippen molar-refractivity contribution in [3.63, 3.8) is 0 Å². The fourth-order valence-electron chi connectivity index (χ4n) is 7.14. The number of benzene rings is 8. The monoisotopic (exact) mass is 615 g/mol. The lowest BCUT2D eigenvalue weighted by Crippen LogP contribution is -2.10.